The third kappa shape index (κ3) is 3.59. The molecule has 0 aromatic rings. The molecule has 2 N–H and O–H groups in total. The maximum Gasteiger partial charge on any atom is 0.434 e. The van der Waals surface area contributed by atoms with Gasteiger partial charge in [-0.25, -0.2) is 8.42 Å². The Labute approximate surface area is 128 Å². The lowest BCUT2D eigenvalue weighted by atomic mass is 10.1. The normalized spacial score (nSPS) is 19.1. The average molecular weight is 364 g/mol. The van der Waals surface area contributed by atoms with Gasteiger partial charge in [0, 0.05) is 13.5 Å². The first-order valence-corrected chi connectivity index (χ1v) is 7.43. The molecule has 1 rings (SSSR count). The molecule has 23 heavy (non-hydrogen) atoms. The molecular formula is C10H13F5N4O3S. The van der Waals surface area contributed by atoms with E-state index in [0.29, 0.717) is 0 Å². The van der Waals surface area contributed by atoms with E-state index in [0.717, 1.165) is 7.05 Å². The van der Waals surface area contributed by atoms with Crippen LogP contribution in [0.25, 0.3) is 0 Å². The van der Waals surface area contributed by atoms with Crippen molar-refractivity contribution in [2.75, 3.05) is 7.05 Å². The number of sulfone groups is 1. The summed E-state index contributed by atoms with van der Waals surface area (Å²) < 4.78 is 89.9. The number of rotatable bonds is 4. The fourth-order valence-electron chi connectivity index (χ4n) is 1.54. The Morgan fingerprint density at radius 1 is 1.35 bits per heavy atom. The lowest BCUT2D eigenvalue weighted by molar-refractivity contribution is -0.0580. The number of hydrazone groups is 1. The third-order valence-corrected chi connectivity index (χ3v) is 4.35. The molecule has 0 aromatic carbocycles. The molecule has 1 aliphatic heterocycles. The van der Waals surface area contributed by atoms with Crippen LogP contribution in [0.5, 0.6) is 0 Å². The van der Waals surface area contributed by atoms with Crippen LogP contribution in [0.1, 0.15) is 20.3 Å². The van der Waals surface area contributed by atoms with E-state index in [1.807, 2.05) is 0 Å². The summed E-state index contributed by atoms with van der Waals surface area (Å²) >= 11 is 0. The van der Waals surface area contributed by atoms with Crippen LogP contribution in [-0.2, 0) is 14.7 Å². The summed E-state index contributed by atoms with van der Waals surface area (Å²) in [6, 6.07) is 0. The molecule has 0 aromatic heterocycles. The van der Waals surface area contributed by atoms with Crippen LogP contribution < -0.4 is 5.43 Å². The number of hydrogen-bond donors (Lipinski definition) is 2. The second kappa shape index (κ2) is 5.69. The van der Waals surface area contributed by atoms with Crippen molar-refractivity contribution >= 4 is 26.3 Å². The summed E-state index contributed by atoms with van der Waals surface area (Å²) in [6.45, 7) is 2.72. The van der Waals surface area contributed by atoms with E-state index < -0.39 is 49.8 Å². The van der Waals surface area contributed by atoms with Gasteiger partial charge in [-0.15, -0.1) is 0 Å². The van der Waals surface area contributed by atoms with Crippen molar-refractivity contribution in [3.63, 3.8) is 0 Å². The van der Waals surface area contributed by atoms with Crippen LogP contribution in [0.15, 0.2) is 10.3 Å². The number of halogens is 5. The quantitative estimate of drug-likeness (QED) is 0.450. The van der Waals surface area contributed by atoms with Crippen molar-refractivity contribution in [1.82, 2.24) is 5.43 Å². The van der Waals surface area contributed by atoms with E-state index in [4.69, 9.17) is 5.41 Å². The van der Waals surface area contributed by atoms with Gasteiger partial charge in [-0.1, -0.05) is 5.16 Å². The highest BCUT2D eigenvalue weighted by molar-refractivity contribution is 8.08. The van der Waals surface area contributed by atoms with Crippen LogP contribution in [0, 0.1) is 5.41 Å². The summed E-state index contributed by atoms with van der Waals surface area (Å²) in [7, 11) is -4.78. The molecular weight excluding hydrogens is 351 g/mol. The highest BCUT2D eigenvalue weighted by Gasteiger charge is 2.60. The summed E-state index contributed by atoms with van der Waals surface area (Å²) in [4.78, 5) is 4.65. The van der Waals surface area contributed by atoms with Crippen LogP contribution in [0.3, 0.4) is 0 Å². The molecule has 0 aliphatic carbocycles. The van der Waals surface area contributed by atoms with Crippen LogP contribution in [0.2, 0.25) is 0 Å². The Kier molecular flexibility index (Phi) is 4.76. The van der Waals surface area contributed by atoms with Gasteiger partial charge >= 0.3 is 11.4 Å². The molecule has 13 heteroatoms. The van der Waals surface area contributed by atoms with E-state index in [1.54, 1.807) is 5.43 Å². The van der Waals surface area contributed by atoms with Gasteiger partial charge in [-0.05, 0) is 13.8 Å². The van der Waals surface area contributed by atoms with Crippen molar-refractivity contribution < 1.29 is 35.2 Å². The maximum absolute atomic E-state index is 14.2. The molecule has 0 spiro atoms. The van der Waals surface area contributed by atoms with Gasteiger partial charge in [0.15, 0.2) is 16.5 Å². The van der Waals surface area contributed by atoms with Crippen LogP contribution >= 0.6 is 0 Å². The first-order chi connectivity index (χ1) is 10.2. The highest BCUT2D eigenvalue weighted by atomic mass is 32.2. The smallest absolute Gasteiger partial charge is 0.389 e. The topological polar surface area (TPSA) is 104 Å². The zero-order valence-electron chi connectivity index (χ0n) is 12.1. The minimum absolute atomic E-state index is 0.558. The van der Waals surface area contributed by atoms with Gasteiger partial charge in [0.05, 0.1) is 0 Å². The molecule has 0 bridgehead atoms. The molecule has 7 nitrogen and oxygen atoms in total. The predicted molar refractivity (Wildman–Crippen MR) is 71.4 cm³/mol. The summed E-state index contributed by atoms with van der Waals surface area (Å²) in [5, 5.41) is 6.18. The monoisotopic (exact) mass is 364 g/mol. The van der Waals surface area contributed by atoms with Gasteiger partial charge < -0.3 is 10.3 Å². The fraction of sp³-hybridized carbons (Fsp3) is 0.700. The second-order valence-corrected chi connectivity index (χ2v) is 7.08. The fourth-order valence-corrected chi connectivity index (χ4v) is 2.91. The molecule has 0 saturated heterocycles. The molecule has 132 valence electrons. The van der Waals surface area contributed by atoms with Gasteiger partial charge in [-0.2, -0.15) is 27.1 Å². The van der Waals surface area contributed by atoms with E-state index in [2.05, 4.69) is 15.1 Å². The molecule has 1 heterocycles. The maximum atomic E-state index is 14.2. The van der Waals surface area contributed by atoms with Gasteiger partial charge in [0.2, 0.25) is 0 Å². The van der Waals surface area contributed by atoms with Crippen molar-refractivity contribution in [2.45, 2.75) is 37.3 Å². The molecule has 0 radical (unpaired) electrons. The van der Waals surface area contributed by atoms with E-state index in [9.17, 15) is 30.4 Å². The Morgan fingerprint density at radius 3 is 2.22 bits per heavy atom. The van der Waals surface area contributed by atoms with E-state index in [-0.39, 0.29) is 0 Å². The SMILES string of the molecule is CN/N=C(\C(=N)C(F)(F)F)C(F)(F)S(=O)(=O)C1=NOC(C)(C)C1. The largest absolute Gasteiger partial charge is 0.434 e. The summed E-state index contributed by atoms with van der Waals surface area (Å²) in [5.41, 5.74) is -4.42. The molecule has 0 amide bonds. The van der Waals surface area contributed by atoms with Gasteiger partial charge in [0.25, 0.3) is 9.84 Å². The number of oxime groups is 1. The minimum atomic E-state index is -5.66. The highest BCUT2D eigenvalue weighted by Crippen LogP contribution is 2.35. The second-order valence-electron chi connectivity index (χ2n) is 5.09. The summed E-state index contributed by atoms with van der Waals surface area (Å²) in [5.74, 6) is 0. The Hall–Kier alpha value is -1.79. The Bertz CT molecular complexity index is 666. The predicted octanol–water partition coefficient (Wildman–Crippen LogP) is 1.66. The van der Waals surface area contributed by atoms with E-state index in [1.165, 1.54) is 13.8 Å². The summed E-state index contributed by atoms with van der Waals surface area (Å²) in [6.07, 6.45) is -6.07. The lowest BCUT2D eigenvalue weighted by Crippen LogP contribution is -2.49. The third-order valence-electron chi connectivity index (χ3n) is 2.64. The molecule has 1 aliphatic rings. The number of hydrogen-bond acceptors (Lipinski definition) is 7. The zero-order chi connectivity index (χ0) is 18.3. The molecule has 0 fully saturated rings. The van der Waals surface area contributed by atoms with Crippen molar-refractivity contribution in [3.05, 3.63) is 0 Å². The Morgan fingerprint density at radius 2 is 1.87 bits per heavy atom. The van der Waals surface area contributed by atoms with Crippen molar-refractivity contribution in [2.24, 2.45) is 10.3 Å². The minimum Gasteiger partial charge on any atom is -0.389 e. The lowest BCUT2D eigenvalue weighted by Gasteiger charge is -2.20. The van der Waals surface area contributed by atoms with Crippen molar-refractivity contribution in [3.8, 4) is 0 Å². The average Bonchev–Trinajstić information content (AvgIpc) is 2.74. The molecule has 0 atom stereocenters. The van der Waals surface area contributed by atoms with Crippen molar-refractivity contribution in [1.29, 1.82) is 5.41 Å². The van der Waals surface area contributed by atoms with Gasteiger partial charge in [0.1, 0.15) is 5.60 Å². The van der Waals surface area contributed by atoms with Crippen LogP contribution in [0.4, 0.5) is 22.0 Å². The standard InChI is InChI=1S/C10H13F5N4O3S/c1-8(2)4-5(19-22-8)23(20,21)10(14,15)7(18-17-3)6(16)9(11,12)13/h16-17H,4H2,1-3H3/b16-6?,18-7+. The molecule has 0 saturated carbocycles. The van der Waals surface area contributed by atoms with Crippen LogP contribution in [-0.4, -0.2) is 49.0 Å². The Balaban J connectivity index is 3.37. The molecule has 0 unspecified atom stereocenters. The number of alkyl halides is 5. The van der Waals surface area contributed by atoms with Gasteiger partial charge in [-0.3, -0.25) is 5.41 Å². The number of nitrogens with one attached hydrogen (secondary N) is 2. The zero-order valence-corrected chi connectivity index (χ0v) is 12.9. The first-order valence-electron chi connectivity index (χ1n) is 5.95. The van der Waals surface area contributed by atoms with E-state index >= 15 is 0 Å². The first kappa shape index (κ1) is 19.3. The number of nitrogens with zero attached hydrogens (tertiary/aromatic N) is 2.